The Morgan fingerprint density at radius 3 is 2.95 bits per heavy atom. The van der Waals surface area contributed by atoms with Crippen molar-refractivity contribution in [2.75, 3.05) is 11.7 Å². The summed E-state index contributed by atoms with van der Waals surface area (Å²) in [5, 5.41) is 15.5. The van der Waals surface area contributed by atoms with Gasteiger partial charge in [-0.3, -0.25) is 5.43 Å². The zero-order valence-corrected chi connectivity index (χ0v) is 13.4. The first kappa shape index (κ1) is 15.1. The molecule has 0 unspecified atom stereocenters. The van der Waals surface area contributed by atoms with Crippen LogP contribution >= 0.6 is 46.5 Å². The average Bonchev–Trinajstić information content (AvgIpc) is 2.83. The number of nitrogens with one attached hydrogen (secondary N) is 1. The maximum atomic E-state index is 9.09. The Balaban J connectivity index is 2.14. The maximum absolute atomic E-state index is 9.09. The van der Waals surface area contributed by atoms with E-state index < -0.39 is 0 Å². The fourth-order valence-electron chi connectivity index (χ4n) is 1.36. The molecule has 0 aliphatic carbocycles. The minimum absolute atomic E-state index is 0.502. The highest BCUT2D eigenvalue weighted by molar-refractivity contribution is 7.98. The number of nitrogens with zero attached hydrogens (tertiary/aromatic N) is 3. The number of benzene rings is 1. The van der Waals surface area contributed by atoms with E-state index in [9.17, 15) is 0 Å². The number of aromatic nitrogens is 1. The lowest BCUT2D eigenvalue weighted by molar-refractivity contribution is 1.25. The number of hydrogen-bond acceptors (Lipinski definition) is 6. The molecule has 102 valence electrons. The third-order valence-electron chi connectivity index (χ3n) is 2.30. The summed E-state index contributed by atoms with van der Waals surface area (Å²) in [4.78, 5) is 0. The summed E-state index contributed by atoms with van der Waals surface area (Å²) >= 11 is 14.5. The van der Waals surface area contributed by atoms with Gasteiger partial charge < -0.3 is 0 Å². The Bertz CT molecular complexity index is 691. The van der Waals surface area contributed by atoms with Gasteiger partial charge in [-0.05, 0) is 29.9 Å². The normalized spacial score (nSPS) is 10.7. The Kier molecular flexibility index (Phi) is 5.26. The molecule has 0 aliphatic rings. The SMILES string of the molecule is CSc1nsc(N/N=C/c2ccc(Cl)cc2Cl)c1C#N. The molecule has 20 heavy (non-hydrogen) atoms. The Morgan fingerprint density at radius 1 is 1.50 bits per heavy atom. The van der Waals surface area contributed by atoms with Crippen molar-refractivity contribution in [2.24, 2.45) is 5.10 Å². The molecule has 0 saturated carbocycles. The third-order valence-corrected chi connectivity index (χ3v) is 4.41. The van der Waals surface area contributed by atoms with Crippen LogP contribution in [0, 0.1) is 11.3 Å². The molecule has 1 N–H and O–H groups in total. The van der Waals surface area contributed by atoms with Gasteiger partial charge in [-0.2, -0.15) is 14.7 Å². The Labute approximate surface area is 134 Å². The molecule has 2 rings (SSSR count). The van der Waals surface area contributed by atoms with Crippen LogP contribution in [0.2, 0.25) is 10.0 Å². The van der Waals surface area contributed by atoms with E-state index in [1.165, 1.54) is 23.3 Å². The highest BCUT2D eigenvalue weighted by Crippen LogP contribution is 2.29. The summed E-state index contributed by atoms with van der Waals surface area (Å²) in [7, 11) is 0. The predicted octanol–water partition coefficient (Wildman–Crippen LogP) is 4.49. The second-order valence-electron chi connectivity index (χ2n) is 3.54. The highest BCUT2D eigenvalue weighted by Gasteiger charge is 2.11. The maximum Gasteiger partial charge on any atom is 0.148 e. The van der Waals surface area contributed by atoms with E-state index in [0.29, 0.717) is 25.6 Å². The standard InChI is InChI=1S/C12H8Cl2N4S2/c1-19-12-9(5-15)11(20-18-12)17-16-6-7-2-3-8(13)4-10(7)14/h2-4,6,17H,1H3/b16-6+. The summed E-state index contributed by atoms with van der Waals surface area (Å²) in [6.45, 7) is 0. The monoisotopic (exact) mass is 342 g/mol. The summed E-state index contributed by atoms with van der Waals surface area (Å²) in [6.07, 6.45) is 3.44. The lowest BCUT2D eigenvalue weighted by atomic mass is 10.2. The fourth-order valence-corrected chi connectivity index (χ4v) is 3.23. The van der Waals surface area contributed by atoms with Crippen LogP contribution in [0.4, 0.5) is 5.00 Å². The summed E-state index contributed by atoms with van der Waals surface area (Å²) in [6, 6.07) is 7.25. The molecule has 0 aliphatic heterocycles. The lowest BCUT2D eigenvalue weighted by Crippen LogP contribution is -1.91. The smallest absolute Gasteiger partial charge is 0.148 e. The van der Waals surface area contributed by atoms with Crippen LogP contribution in [0.5, 0.6) is 0 Å². The highest BCUT2D eigenvalue weighted by atomic mass is 35.5. The molecule has 0 radical (unpaired) electrons. The van der Waals surface area contributed by atoms with Gasteiger partial charge in [-0.25, -0.2) is 0 Å². The minimum atomic E-state index is 0.502. The van der Waals surface area contributed by atoms with Crippen molar-refractivity contribution in [3.05, 3.63) is 39.4 Å². The van der Waals surface area contributed by atoms with Crippen LogP contribution in [0.15, 0.2) is 28.3 Å². The van der Waals surface area contributed by atoms with Gasteiger partial charge in [-0.1, -0.05) is 29.3 Å². The number of anilines is 1. The van der Waals surface area contributed by atoms with Crippen molar-refractivity contribution >= 4 is 57.7 Å². The Morgan fingerprint density at radius 2 is 2.30 bits per heavy atom. The van der Waals surface area contributed by atoms with Crippen molar-refractivity contribution in [1.82, 2.24) is 4.37 Å². The molecule has 0 bridgehead atoms. The van der Waals surface area contributed by atoms with Gasteiger partial charge in [0.1, 0.15) is 21.7 Å². The topological polar surface area (TPSA) is 61.1 Å². The van der Waals surface area contributed by atoms with E-state index >= 15 is 0 Å². The molecule has 0 fully saturated rings. The van der Waals surface area contributed by atoms with Gasteiger partial charge >= 0.3 is 0 Å². The first-order chi connectivity index (χ1) is 9.65. The number of rotatable bonds is 4. The zero-order valence-electron chi connectivity index (χ0n) is 10.2. The van der Waals surface area contributed by atoms with Crippen LogP contribution in [0.25, 0.3) is 0 Å². The van der Waals surface area contributed by atoms with Crippen LogP contribution in [-0.4, -0.2) is 16.8 Å². The molecule has 0 spiro atoms. The van der Waals surface area contributed by atoms with Gasteiger partial charge in [0.2, 0.25) is 0 Å². The number of hydrazone groups is 1. The fraction of sp³-hybridized carbons (Fsp3) is 0.0833. The molecule has 1 aromatic carbocycles. The minimum Gasteiger partial charge on any atom is -0.266 e. The molecule has 0 saturated heterocycles. The molecule has 2 aromatic rings. The molecule has 8 heteroatoms. The molecule has 0 amide bonds. The second-order valence-corrected chi connectivity index (χ2v) is 5.96. The first-order valence-corrected chi connectivity index (χ1v) is 8.09. The van der Waals surface area contributed by atoms with Crippen molar-refractivity contribution in [2.45, 2.75) is 5.03 Å². The molecule has 0 atom stereocenters. The Hall–Kier alpha value is -1.26. The number of halogens is 2. The second kappa shape index (κ2) is 6.95. The summed E-state index contributed by atoms with van der Waals surface area (Å²) in [5.41, 5.74) is 4.04. The predicted molar refractivity (Wildman–Crippen MR) is 86.3 cm³/mol. The summed E-state index contributed by atoms with van der Waals surface area (Å²) in [5.74, 6) is 0. The summed E-state index contributed by atoms with van der Waals surface area (Å²) < 4.78 is 4.16. The zero-order chi connectivity index (χ0) is 14.5. The van der Waals surface area contributed by atoms with Crippen LogP contribution < -0.4 is 5.43 Å². The van der Waals surface area contributed by atoms with Crippen molar-refractivity contribution < 1.29 is 0 Å². The molecule has 1 aromatic heterocycles. The van der Waals surface area contributed by atoms with E-state index in [4.69, 9.17) is 28.5 Å². The number of thioether (sulfide) groups is 1. The van der Waals surface area contributed by atoms with E-state index in [0.717, 1.165) is 5.56 Å². The van der Waals surface area contributed by atoms with E-state index in [-0.39, 0.29) is 0 Å². The molecule has 4 nitrogen and oxygen atoms in total. The number of hydrogen-bond donors (Lipinski definition) is 1. The number of nitriles is 1. The van der Waals surface area contributed by atoms with Crippen LogP contribution in [-0.2, 0) is 0 Å². The van der Waals surface area contributed by atoms with Crippen molar-refractivity contribution in [3.63, 3.8) is 0 Å². The van der Waals surface area contributed by atoms with Gasteiger partial charge in [-0.15, -0.1) is 11.8 Å². The van der Waals surface area contributed by atoms with Crippen molar-refractivity contribution in [3.8, 4) is 6.07 Å². The van der Waals surface area contributed by atoms with Crippen molar-refractivity contribution in [1.29, 1.82) is 5.26 Å². The van der Waals surface area contributed by atoms with E-state index in [1.807, 2.05) is 6.26 Å². The van der Waals surface area contributed by atoms with Crippen LogP contribution in [0.3, 0.4) is 0 Å². The molecule has 1 heterocycles. The van der Waals surface area contributed by atoms with E-state index in [2.05, 4.69) is 21.0 Å². The largest absolute Gasteiger partial charge is 0.266 e. The average molecular weight is 343 g/mol. The van der Waals surface area contributed by atoms with Gasteiger partial charge in [0.05, 0.1) is 11.2 Å². The van der Waals surface area contributed by atoms with Gasteiger partial charge in [0.15, 0.2) is 0 Å². The molecular weight excluding hydrogens is 335 g/mol. The van der Waals surface area contributed by atoms with Gasteiger partial charge in [0, 0.05) is 10.6 Å². The molecular formula is C12H8Cl2N4S2. The van der Waals surface area contributed by atoms with E-state index in [1.54, 1.807) is 24.4 Å². The third kappa shape index (κ3) is 3.44. The van der Waals surface area contributed by atoms with Crippen LogP contribution in [0.1, 0.15) is 11.1 Å². The first-order valence-electron chi connectivity index (χ1n) is 5.33. The van der Waals surface area contributed by atoms with Gasteiger partial charge in [0.25, 0.3) is 0 Å². The lowest BCUT2D eigenvalue weighted by Gasteiger charge is -1.99. The quantitative estimate of drug-likeness (QED) is 0.505.